The molecule has 3 rings (SSSR count). The highest BCUT2D eigenvalue weighted by Crippen LogP contribution is 2.30. The molecule has 0 amide bonds. The highest BCUT2D eigenvalue weighted by Gasteiger charge is 2.23. The van der Waals surface area contributed by atoms with Crippen LogP contribution in [0.4, 0.5) is 0 Å². The normalized spacial score (nSPS) is 17.4. The largest absolute Gasteiger partial charge is 0.478 e. The molecule has 112 valence electrons. The SMILES string of the molecule is CCN1CCC(n2ncc3c(Cl)c(C(=O)O)cnc32)CC1. The van der Waals surface area contributed by atoms with E-state index in [1.54, 1.807) is 6.20 Å². The molecule has 0 spiro atoms. The average Bonchev–Trinajstić information content (AvgIpc) is 2.92. The van der Waals surface area contributed by atoms with Crippen LogP contribution in [-0.2, 0) is 0 Å². The third kappa shape index (κ3) is 2.49. The first-order chi connectivity index (χ1) is 10.1. The van der Waals surface area contributed by atoms with Gasteiger partial charge in [-0.3, -0.25) is 0 Å². The van der Waals surface area contributed by atoms with Crippen LogP contribution < -0.4 is 0 Å². The predicted molar refractivity (Wildman–Crippen MR) is 79.9 cm³/mol. The lowest BCUT2D eigenvalue weighted by Crippen LogP contribution is -2.34. The molecule has 1 aliphatic rings. The Morgan fingerprint density at radius 1 is 1.43 bits per heavy atom. The fourth-order valence-electron chi connectivity index (χ4n) is 2.86. The van der Waals surface area contributed by atoms with E-state index in [2.05, 4.69) is 21.9 Å². The Labute approximate surface area is 127 Å². The summed E-state index contributed by atoms with van der Waals surface area (Å²) in [6.07, 6.45) is 4.96. The summed E-state index contributed by atoms with van der Waals surface area (Å²) in [5, 5.41) is 14.3. The van der Waals surface area contributed by atoms with E-state index in [0.717, 1.165) is 32.5 Å². The molecular weight excluding hydrogens is 292 g/mol. The van der Waals surface area contributed by atoms with E-state index < -0.39 is 5.97 Å². The molecule has 0 unspecified atom stereocenters. The zero-order valence-corrected chi connectivity index (χ0v) is 12.5. The van der Waals surface area contributed by atoms with Gasteiger partial charge in [0.1, 0.15) is 0 Å². The Kier molecular flexibility index (Phi) is 3.82. The van der Waals surface area contributed by atoms with E-state index in [4.69, 9.17) is 16.7 Å². The monoisotopic (exact) mass is 308 g/mol. The molecule has 2 aromatic rings. The lowest BCUT2D eigenvalue weighted by Gasteiger charge is -2.31. The van der Waals surface area contributed by atoms with Crippen LogP contribution in [0.3, 0.4) is 0 Å². The lowest BCUT2D eigenvalue weighted by atomic mass is 10.1. The van der Waals surface area contributed by atoms with Gasteiger partial charge in [-0.2, -0.15) is 5.10 Å². The average molecular weight is 309 g/mol. The van der Waals surface area contributed by atoms with Gasteiger partial charge < -0.3 is 10.0 Å². The van der Waals surface area contributed by atoms with Gasteiger partial charge in [-0.15, -0.1) is 0 Å². The molecule has 2 aromatic heterocycles. The molecule has 0 aromatic carbocycles. The van der Waals surface area contributed by atoms with Gasteiger partial charge in [-0.25, -0.2) is 14.5 Å². The molecule has 1 fully saturated rings. The summed E-state index contributed by atoms with van der Waals surface area (Å²) in [5.41, 5.74) is 0.685. The maximum absolute atomic E-state index is 11.1. The maximum Gasteiger partial charge on any atom is 0.338 e. The fourth-order valence-corrected chi connectivity index (χ4v) is 3.13. The molecule has 6 nitrogen and oxygen atoms in total. The van der Waals surface area contributed by atoms with E-state index in [1.165, 1.54) is 6.20 Å². The summed E-state index contributed by atoms with van der Waals surface area (Å²) in [5.74, 6) is -1.07. The molecule has 21 heavy (non-hydrogen) atoms. The van der Waals surface area contributed by atoms with Gasteiger partial charge in [0.05, 0.1) is 28.2 Å². The van der Waals surface area contributed by atoms with Crippen molar-refractivity contribution in [2.75, 3.05) is 19.6 Å². The number of pyridine rings is 1. The highest BCUT2D eigenvalue weighted by molar-refractivity contribution is 6.37. The van der Waals surface area contributed by atoms with Crippen LogP contribution >= 0.6 is 11.6 Å². The van der Waals surface area contributed by atoms with Gasteiger partial charge in [0.2, 0.25) is 0 Å². The van der Waals surface area contributed by atoms with Crippen molar-refractivity contribution in [3.05, 3.63) is 23.0 Å². The molecule has 3 heterocycles. The smallest absolute Gasteiger partial charge is 0.338 e. The predicted octanol–water partition coefficient (Wildman–Crippen LogP) is 2.44. The molecule has 1 aliphatic heterocycles. The van der Waals surface area contributed by atoms with E-state index in [1.807, 2.05) is 4.68 Å². The Morgan fingerprint density at radius 2 is 2.14 bits per heavy atom. The number of hydrogen-bond donors (Lipinski definition) is 1. The fraction of sp³-hybridized carbons (Fsp3) is 0.500. The summed E-state index contributed by atoms with van der Waals surface area (Å²) in [6, 6.07) is 0.296. The third-order valence-corrected chi connectivity index (χ3v) is 4.55. The summed E-state index contributed by atoms with van der Waals surface area (Å²) >= 11 is 6.15. The first kappa shape index (κ1) is 14.3. The van der Waals surface area contributed by atoms with E-state index in [9.17, 15) is 4.79 Å². The number of hydrogen-bond acceptors (Lipinski definition) is 4. The zero-order valence-electron chi connectivity index (χ0n) is 11.8. The summed E-state index contributed by atoms with van der Waals surface area (Å²) in [7, 11) is 0. The molecule has 0 atom stereocenters. The molecule has 7 heteroatoms. The highest BCUT2D eigenvalue weighted by atomic mass is 35.5. The van der Waals surface area contributed by atoms with E-state index in [-0.39, 0.29) is 10.6 Å². The van der Waals surface area contributed by atoms with Crippen LogP contribution in [0, 0.1) is 0 Å². The number of aromatic nitrogens is 3. The Bertz CT molecular complexity index is 677. The first-order valence-corrected chi connectivity index (χ1v) is 7.47. The van der Waals surface area contributed by atoms with Crippen LogP contribution in [0.2, 0.25) is 5.02 Å². The number of carboxylic acid groups (broad SMARTS) is 1. The van der Waals surface area contributed by atoms with Crippen LogP contribution in [0.25, 0.3) is 11.0 Å². The minimum atomic E-state index is -1.07. The van der Waals surface area contributed by atoms with Crippen molar-refractivity contribution in [1.82, 2.24) is 19.7 Å². The van der Waals surface area contributed by atoms with Crippen molar-refractivity contribution < 1.29 is 9.90 Å². The number of likely N-dealkylation sites (tertiary alicyclic amines) is 1. The number of aromatic carboxylic acids is 1. The zero-order chi connectivity index (χ0) is 15.0. The van der Waals surface area contributed by atoms with Gasteiger partial charge in [-0.1, -0.05) is 18.5 Å². The second-order valence-electron chi connectivity index (χ2n) is 5.28. The van der Waals surface area contributed by atoms with E-state index in [0.29, 0.717) is 17.1 Å². The summed E-state index contributed by atoms with van der Waals surface area (Å²) < 4.78 is 1.89. The molecule has 0 bridgehead atoms. The van der Waals surface area contributed by atoms with Crippen molar-refractivity contribution in [2.45, 2.75) is 25.8 Å². The number of rotatable bonds is 3. The quantitative estimate of drug-likeness (QED) is 0.943. The molecule has 0 aliphatic carbocycles. The lowest BCUT2D eigenvalue weighted by molar-refractivity contribution is 0.0697. The number of piperidine rings is 1. The summed E-state index contributed by atoms with van der Waals surface area (Å²) in [4.78, 5) is 17.8. The van der Waals surface area contributed by atoms with Crippen LogP contribution in [0.1, 0.15) is 36.2 Å². The molecule has 0 radical (unpaired) electrons. The van der Waals surface area contributed by atoms with Crippen molar-refractivity contribution in [2.24, 2.45) is 0 Å². The second kappa shape index (κ2) is 5.61. The van der Waals surface area contributed by atoms with Gasteiger partial charge in [-0.05, 0) is 19.4 Å². The van der Waals surface area contributed by atoms with Gasteiger partial charge in [0.15, 0.2) is 5.65 Å². The molecule has 1 N–H and O–H groups in total. The topological polar surface area (TPSA) is 71.2 Å². The van der Waals surface area contributed by atoms with Gasteiger partial charge in [0, 0.05) is 19.3 Å². The van der Waals surface area contributed by atoms with Gasteiger partial charge >= 0.3 is 5.97 Å². The first-order valence-electron chi connectivity index (χ1n) is 7.09. The minimum Gasteiger partial charge on any atom is -0.478 e. The maximum atomic E-state index is 11.1. The Morgan fingerprint density at radius 3 is 2.76 bits per heavy atom. The molecular formula is C14H17ClN4O2. The van der Waals surface area contributed by atoms with Crippen LogP contribution in [-0.4, -0.2) is 50.4 Å². The standard InChI is InChI=1S/C14H17ClN4O2/c1-2-18-5-3-9(4-6-18)19-13-10(8-17-19)12(15)11(7-16-13)14(20)21/h7-9H,2-6H2,1H3,(H,20,21). The van der Waals surface area contributed by atoms with Crippen molar-refractivity contribution in [3.63, 3.8) is 0 Å². The number of carbonyl (C=O) groups is 1. The van der Waals surface area contributed by atoms with Gasteiger partial charge in [0.25, 0.3) is 0 Å². The van der Waals surface area contributed by atoms with Crippen LogP contribution in [0.15, 0.2) is 12.4 Å². The number of carboxylic acids is 1. The number of halogens is 1. The summed E-state index contributed by atoms with van der Waals surface area (Å²) in [6.45, 7) is 5.32. The number of nitrogens with zero attached hydrogens (tertiary/aromatic N) is 4. The van der Waals surface area contributed by atoms with Crippen molar-refractivity contribution in [1.29, 1.82) is 0 Å². The number of fused-ring (bicyclic) bond motifs is 1. The van der Waals surface area contributed by atoms with E-state index >= 15 is 0 Å². The van der Waals surface area contributed by atoms with Crippen LogP contribution in [0.5, 0.6) is 0 Å². The minimum absolute atomic E-state index is 0.0181. The van der Waals surface area contributed by atoms with Crippen molar-refractivity contribution >= 4 is 28.6 Å². The second-order valence-corrected chi connectivity index (χ2v) is 5.66. The molecule has 1 saturated heterocycles. The Balaban J connectivity index is 1.94. The third-order valence-electron chi connectivity index (χ3n) is 4.14. The van der Waals surface area contributed by atoms with Crippen molar-refractivity contribution in [3.8, 4) is 0 Å². The Hall–Kier alpha value is -1.66. The molecule has 0 saturated carbocycles.